The fraction of sp³-hybridized carbons (Fsp3) is 0. The summed E-state index contributed by atoms with van der Waals surface area (Å²) in [6.07, 6.45) is 0. The second kappa shape index (κ2) is 12.6. The molecule has 3 heteroatoms. The zero-order valence-electron chi connectivity index (χ0n) is 29.8. The average Bonchev–Trinajstić information content (AvgIpc) is 3.83. The van der Waals surface area contributed by atoms with Gasteiger partial charge >= 0.3 is 0 Å². The fourth-order valence-electron chi connectivity index (χ4n) is 8.40. The SMILES string of the molecule is c1ccc(-c2cccc(-c3cccc(N(c4ccccc4-c4cccc5ccc6oc7ccccc7c6c45)c4cccc5oc6ccccc6c45)c3)c2)cc1. The van der Waals surface area contributed by atoms with Crippen LogP contribution in [0.5, 0.6) is 0 Å². The van der Waals surface area contributed by atoms with Gasteiger partial charge < -0.3 is 13.7 Å². The van der Waals surface area contributed by atoms with Crippen molar-refractivity contribution in [2.24, 2.45) is 0 Å². The zero-order chi connectivity index (χ0) is 36.3. The molecule has 0 saturated heterocycles. The van der Waals surface area contributed by atoms with E-state index in [1.807, 2.05) is 18.2 Å². The van der Waals surface area contributed by atoms with Crippen LogP contribution in [0.2, 0.25) is 0 Å². The highest BCUT2D eigenvalue weighted by atomic mass is 16.3. The Labute approximate surface area is 317 Å². The van der Waals surface area contributed by atoms with Crippen LogP contribution in [0.25, 0.3) is 88.0 Å². The predicted octanol–water partition coefficient (Wildman–Crippen LogP) is 15.1. The van der Waals surface area contributed by atoms with Crippen molar-refractivity contribution in [2.45, 2.75) is 0 Å². The number of hydrogen-bond donors (Lipinski definition) is 0. The lowest BCUT2D eigenvalue weighted by Crippen LogP contribution is -2.11. The monoisotopic (exact) mass is 703 g/mol. The Balaban J connectivity index is 1.18. The molecule has 55 heavy (non-hydrogen) atoms. The number of furan rings is 2. The normalized spacial score (nSPS) is 11.6. The second-order valence-corrected chi connectivity index (χ2v) is 14.0. The molecule has 2 heterocycles. The highest BCUT2D eigenvalue weighted by molar-refractivity contribution is 6.23. The molecule has 0 N–H and O–H groups in total. The molecule has 0 aliphatic heterocycles. The van der Waals surface area contributed by atoms with E-state index in [0.29, 0.717) is 0 Å². The van der Waals surface area contributed by atoms with Gasteiger partial charge in [0.25, 0.3) is 0 Å². The van der Waals surface area contributed by atoms with Crippen molar-refractivity contribution in [2.75, 3.05) is 4.90 Å². The first-order valence-corrected chi connectivity index (χ1v) is 18.7. The summed E-state index contributed by atoms with van der Waals surface area (Å²) in [4.78, 5) is 2.41. The highest BCUT2D eigenvalue weighted by Gasteiger charge is 2.24. The molecule has 3 nitrogen and oxygen atoms in total. The molecule has 0 spiro atoms. The minimum absolute atomic E-state index is 0.852. The van der Waals surface area contributed by atoms with Crippen molar-refractivity contribution in [3.63, 3.8) is 0 Å². The molecule has 0 saturated carbocycles. The van der Waals surface area contributed by atoms with Crippen LogP contribution in [0.4, 0.5) is 17.1 Å². The second-order valence-electron chi connectivity index (χ2n) is 14.0. The molecule has 11 rings (SSSR count). The molecule has 0 amide bonds. The summed E-state index contributed by atoms with van der Waals surface area (Å²) in [5, 5.41) is 6.75. The van der Waals surface area contributed by atoms with Gasteiger partial charge in [-0.05, 0) is 87.8 Å². The maximum Gasteiger partial charge on any atom is 0.137 e. The number of benzene rings is 9. The molecule has 0 radical (unpaired) electrons. The van der Waals surface area contributed by atoms with E-state index in [0.717, 1.165) is 83.2 Å². The maximum absolute atomic E-state index is 6.48. The van der Waals surface area contributed by atoms with E-state index in [4.69, 9.17) is 8.83 Å². The van der Waals surface area contributed by atoms with Gasteiger partial charge in [0.2, 0.25) is 0 Å². The van der Waals surface area contributed by atoms with Gasteiger partial charge in [-0.15, -0.1) is 0 Å². The van der Waals surface area contributed by atoms with Gasteiger partial charge in [0, 0.05) is 32.8 Å². The van der Waals surface area contributed by atoms with Crippen LogP contribution in [0.1, 0.15) is 0 Å². The summed E-state index contributed by atoms with van der Waals surface area (Å²) in [7, 11) is 0. The van der Waals surface area contributed by atoms with Crippen LogP contribution in [0.15, 0.2) is 209 Å². The third-order valence-electron chi connectivity index (χ3n) is 10.8. The van der Waals surface area contributed by atoms with Crippen molar-refractivity contribution in [3.8, 4) is 33.4 Å². The van der Waals surface area contributed by atoms with Gasteiger partial charge in [-0.2, -0.15) is 0 Å². The molecule has 0 fully saturated rings. The van der Waals surface area contributed by atoms with Gasteiger partial charge in [-0.1, -0.05) is 146 Å². The first-order valence-electron chi connectivity index (χ1n) is 18.7. The Bertz CT molecular complexity index is 3220. The van der Waals surface area contributed by atoms with E-state index in [1.54, 1.807) is 0 Å². The molecule has 0 aliphatic rings. The Hall–Kier alpha value is -7.36. The van der Waals surface area contributed by atoms with Crippen LogP contribution in [0.3, 0.4) is 0 Å². The largest absolute Gasteiger partial charge is 0.456 e. The summed E-state index contributed by atoms with van der Waals surface area (Å²) < 4.78 is 12.9. The molecule has 2 aromatic heterocycles. The minimum atomic E-state index is 0.852. The zero-order valence-corrected chi connectivity index (χ0v) is 29.8. The minimum Gasteiger partial charge on any atom is -0.456 e. The number of fused-ring (bicyclic) bond motifs is 8. The van der Waals surface area contributed by atoms with Gasteiger partial charge in [0.05, 0.1) is 16.8 Å². The van der Waals surface area contributed by atoms with E-state index in [-0.39, 0.29) is 0 Å². The number of nitrogens with zero attached hydrogens (tertiary/aromatic N) is 1. The Morgan fingerprint density at radius 3 is 1.67 bits per heavy atom. The molecule has 9 aromatic carbocycles. The number of anilines is 3. The number of hydrogen-bond acceptors (Lipinski definition) is 3. The van der Waals surface area contributed by atoms with E-state index >= 15 is 0 Å². The molecular weight excluding hydrogens is 671 g/mol. The number of para-hydroxylation sites is 3. The maximum atomic E-state index is 6.48. The summed E-state index contributed by atoms with van der Waals surface area (Å²) in [5.74, 6) is 0. The molecular formula is C52H33NO2. The average molecular weight is 704 g/mol. The topological polar surface area (TPSA) is 29.5 Å². The third-order valence-corrected chi connectivity index (χ3v) is 10.8. The van der Waals surface area contributed by atoms with E-state index in [2.05, 4.69) is 187 Å². The van der Waals surface area contributed by atoms with Crippen molar-refractivity contribution in [3.05, 3.63) is 200 Å². The van der Waals surface area contributed by atoms with E-state index in [1.165, 1.54) is 21.9 Å². The van der Waals surface area contributed by atoms with Crippen molar-refractivity contribution in [1.82, 2.24) is 0 Å². The summed E-state index contributed by atoms with van der Waals surface area (Å²) in [6, 6.07) is 71.0. The highest BCUT2D eigenvalue weighted by Crippen LogP contribution is 2.48. The van der Waals surface area contributed by atoms with Gasteiger partial charge in [0.1, 0.15) is 22.3 Å². The van der Waals surface area contributed by atoms with Crippen LogP contribution < -0.4 is 4.90 Å². The van der Waals surface area contributed by atoms with E-state index in [9.17, 15) is 0 Å². The summed E-state index contributed by atoms with van der Waals surface area (Å²) in [5.41, 5.74) is 13.6. The first-order chi connectivity index (χ1) is 27.3. The predicted molar refractivity (Wildman–Crippen MR) is 229 cm³/mol. The quantitative estimate of drug-likeness (QED) is 0.173. The molecule has 0 aliphatic carbocycles. The lowest BCUT2D eigenvalue weighted by molar-refractivity contribution is 0.668. The molecule has 0 unspecified atom stereocenters. The smallest absolute Gasteiger partial charge is 0.137 e. The molecule has 11 aromatic rings. The summed E-state index contributed by atoms with van der Waals surface area (Å²) >= 11 is 0. The van der Waals surface area contributed by atoms with Crippen LogP contribution in [-0.4, -0.2) is 0 Å². The fourth-order valence-corrected chi connectivity index (χ4v) is 8.40. The van der Waals surface area contributed by atoms with Crippen LogP contribution in [0, 0.1) is 0 Å². The van der Waals surface area contributed by atoms with Gasteiger partial charge in [0.15, 0.2) is 0 Å². The lowest BCUT2D eigenvalue weighted by Gasteiger charge is -2.29. The Kier molecular flexibility index (Phi) is 7.17. The Morgan fingerprint density at radius 1 is 0.309 bits per heavy atom. The van der Waals surface area contributed by atoms with E-state index < -0.39 is 0 Å². The van der Waals surface area contributed by atoms with Gasteiger partial charge in [-0.25, -0.2) is 0 Å². The summed E-state index contributed by atoms with van der Waals surface area (Å²) in [6.45, 7) is 0. The lowest BCUT2D eigenvalue weighted by atomic mass is 9.93. The molecule has 0 bridgehead atoms. The molecule has 258 valence electrons. The van der Waals surface area contributed by atoms with Crippen molar-refractivity contribution in [1.29, 1.82) is 0 Å². The first kappa shape index (κ1) is 31.2. The Morgan fingerprint density at radius 2 is 0.855 bits per heavy atom. The number of rotatable bonds is 6. The standard InChI is InChI=1S/C52H33NO2/c1-2-14-34(15-3-1)36-17-10-18-37(32-36)38-19-11-20-39(33-38)53(45-26-13-29-48-51(45)42-22-5-8-27-46(42)54-48)44-25-7-4-21-40(44)41-24-12-16-35-30-31-49-52(50(35)41)43-23-6-9-28-47(43)55-49/h1-33H. The van der Waals surface area contributed by atoms with Crippen molar-refractivity contribution >= 4 is 71.7 Å². The van der Waals surface area contributed by atoms with Crippen LogP contribution >= 0.6 is 0 Å². The third kappa shape index (κ3) is 5.13. The van der Waals surface area contributed by atoms with Crippen LogP contribution in [-0.2, 0) is 0 Å². The van der Waals surface area contributed by atoms with Gasteiger partial charge in [-0.3, -0.25) is 0 Å². The molecule has 0 atom stereocenters. The van der Waals surface area contributed by atoms with Crippen molar-refractivity contribution < 1.29 is 8.83 Å².